The second kappa shape index (κ2) is 8.93. The summed E-state index contributed by atoms with van der Waals surface area (Å²) < 4.78 is 16.9. The summed E-state index contributed by atoms with van der Waals surface area (Å²) in [6, 6.07) is 7.89. The van der Waals surface area contributed by atoms with E-state index in [4.69, 9.17) is 0 Å². The number of aliphatic hydroxyl groups is 1. The molecule has 1 atom stereocenters. The van der Waals surface area contributed by atoms with Crippen molar-refractivity contribution in [1.82, 2.24) is 34.3 Å². The van der Waals surface area contributed by atoms with Gasteiger partial charge >= 0.3 is 0 Å². The van der Waals surface area contributed by atoms with Crippen LogP contribution in [-0.4, -0.2) is 65.6 Å². The molecule has 0 radical (unpaired) electrons. The van der Waals surface area contributed by atoms with Crippen LogP contribution < -0.4 is 9.80 Å². The van der Waals surface area contributed by atoms with E-state index in [0.29, 0.717) is 17.1 Å². The first-order chi connectivity index (χ1) is 17.9. The molecular formula is C26H26FN9O. The molecule has 5 aromatic rings. The highest BCUT2D eigenvalue weighted by molar-refractivity contribution is 5.77. The molecule has 11 heteroatoms. The van der Waals surface area contributed by atoms with E-state index in [0.717, 1.165) is 48.6 Å². The Morgan fingerprint density at radius 2 is 1.54 bits per heavy atom. The lowest BCUT2D eigenvalue weighted by Crippen LogP contribution is -2.47. The quantitative estimate of drug-likeness (QED) is 0.394. The van der Waals surface area contributed by atoms with Gasteiger partial charge in [0, 0.05) is 74.7 Å². The van der Waals surface area contributed by atoms with Gasteiger partial charge in [-0.15, -0.1) is 0 Å². The average molecular weight is 500 g/mol. The molecule has 5 heterocycles. The topological polar surface area (TPSA) is 100 Å². The number of anilines is 2. The maximum Gasteiger partial charge on any atom is 0.225 e. The standard InChI is InChI=1S/C26H26FN9O/c1-26(37,20-3-5-22(27)6-4-20)21-13-28-25(29-14-21)35-9-7-34(8-10-35)24-23-11-18(16-36(23)32-17-30-24)19-12-31-33(2)15-19/h3-6,11-17,37H,7-10H2,1-2H3. The smallest absolute Gasteiger partial charge is 0.225 e. The average Bonchev–Trinajstić information content (AvgIpc) is 3.55. The molecule has 1 N–H and O–H groups in total. The van der Waals surface area contributed by atoms with E-state index >= 15 is 0 Å². The van der Waals surface area contributed by atoms with Gasteiger partial charge in [0.15, 0.2) is 5.82 Å². The first-order valence-electron chi connectivity index (χ1n) is 12.0. The number of piperazine rings is 1. The zero-order valence-electron chi connectivity index (χ0n) is 20.5. The van der Waals surface area contributed by atoms with Gasteiger partial charge in [-0.05, 0) is 30.7 Å². The number of aryl methyl sites for hydroxylation is 1. The zero-order chi connectivity index (χ0) is 25.6. The Hall–Kier alpha value is -4.38. The van der Waals surface area contributed by atoms with Crippen LogP contribution in [0.25, 0.3) is 16.6 Å². The van der Waals surface area contributed by atoms with Crippen LogP contribution in [0, 0.1) is 5.82 Å². The summed E-state index contributed by atoms with van der Waals surface area (Å²) in [4.78, 5) is 18.0. The van der Waals surface area contributed by atoms with Crippen LogP contribution in [0.2, 0.25) is 0 Å². The highest BCUT2D eigenvalue weighted by atomic mass is 19.1. The van der Waals surface area contributed by atoms with Gasteiger partial charge in [0.1, 0.15) is 23.3 Å². The van der Waals surface area contributed by atoms with E-state index in [-0.39, 0.29) is 5.82 Å². The van der Waals surface area contributed by atoms with E-state index in [1.807, 2.05) is 30.2 Å². The van der Waals surface area contributed by atoms with Crippen molar-refractivity contribution in [2.75, 3.05) is 36.0 Å². The monoisotopic (exact) mass is 499 g/mol. The molecule has 188 valence electrons. The highest BCUT2D eigenvalue weighted by Crippen LogP contribution is 2.30. The van der Waals surface area contributed by atoms with E-state index < -0.39 is 5.60 Å². The summed E-state index contributed by atoms with van der Waals surface area (Å²) in [6.45, 7) is 4.60. The number of rotatable bonds is 5. The minimum atomic E-state index is -1.32. The van der Waals surface area contributed by atoms with Crippen LogP contribution in [0.5, 0.6) is 0 Å². The molecule has 6 rings (SSSR count). The normalized spacial score (nSPS) is 15.8. The molecule has 1 unspecified atom stereocenters. The van der Waals surface area contributed by atoms with Crippen LogP contribution >= 0.6 is 0 Å². The van der Waals surface area contributed by atoms with Crippen LogP contribution in [0.3, 0.4) is 0 Å². The fraction of sp³-hybridized carbons (Fsp3) is 0.269. The van der Waals surface area contributed by atoms with Crippen molar-refractivity contribution in [3.63, 3.8) is 0 Å². The lowest BCUT2D eigenvalue weighted by molar-refractivity contribution is 0.101. The second-order valence-electron chi connectivity index (χ2n) is 9.37. The first kappa shape index (κ1) is 23.0. The van der Waals surface area contributed by atoms with Crippen molar-refractivity contribution in [2.45, 2.75) is 12.5 Å². The summed E-state index contributed by atoms with van der Waals surface area (Å²) in [5, 5.41) is 19.7. The molecule has 1 aliphatic rings. The minimum absolute atomic E-state index is 0.348. The van der Waals surface area contributed by atoms with Gasteiger partial charge in [-0.1, -0.05) is 12.1 Å². The SMILES string of the molecule is Cn1cc(-c2cc3c(N4CCN(c5ncc(C(C)(O)c6ccc(F)cc6)cn5)CC4)ncnn3c2)cn1. The van der Waals surface area contributed by atoms with E-state index in [1.165, 1.54) is 12.1 Å². The molecule has 1 aliphatic heterocycles. The Balaban J connectivity index is 1.17. The van der Waals surface area contributed by atoms with Crippen LogP contribution in [-0.2, 0) is 12.6 Å². The molecule has 1 aromatic carbocycles. The van der Waals surface area contributed by atoms with Gasteiger partial charge in [-0.3, -0.25) is 4.68 Å². The van der Waals surface area contributed by atoms with Gasteiger partial charge < -0.3 is 14.9 Å². The van der Waals surface area contributed by atoms with Crippen LogP contribution in [0.1, 0.15) is 18.1 Å². The molecule has 0 bridgehead atoms. The summed E-state index contributed by atoms with van der Waals surface area (Å²) in [5.74, 6) is 1.14. The zero-order valence-corrected chi connectivity index (χ0v) is 20.5. The molecule has 1 saturated heterocycles. The Bertz CT molecular complexity index is 1530. The molecule has 37 heavy (non-hydrogen) atoms. The minimum Gasteiger partial charge on any atom is -0.381 e. The third kappa shape index (κ3) is 4.27. The van der Waals surface area contributed by atoms with Gasteiger partial charge in [0.05, 0.1) is 6.20 Å². The van der Waals surface area contributed by atoms with E-state index in [1.54, 1.807) is 42.5 Å². The summed E-state index contributed by atoms with van der Waals surface area (Å²) in [6.07, 6.45) is 10.6. The maximum absolute atomic E-state index is 13.3. The molecule has 0 spiro atoms. The van der Waals surface area contributed by atoms with E-state index in [9.17, 15) is 9.50 Å². The Kier molecular flexibility index (Phi) is 5.56. The van der Waals surface area contributed by atoms with Gasteiger partial charge in [0.2, 0.25) is 5.95 Å². The highest BCUT2D eigenvalue weighted by Gasteiger charge is 2.28. The summed E-state index contributed by atoms with van der Waals surface area (Å²) in [5.41, 5.74) is 2.81. The number of benzene rings is 1. The van der Waals surface area contributed by atoms with Crippen LogP contribution in [0.4, 0.5) is 16.2 Å². The fourth-order valence-corrected chi connectivity index (χ4v) is 4.68. The number of hydrogen-bond acceptors (Lipinski definition) is 8. The van der Waals surface area contributed by atoms with Gasteiger partial charge in [0.25, 0.3) is 0 Å². The predicted molar refractivity (Wildman–Crippen MR) is 137 cm³/mol. The van der Waals surface area contributed by atoms with Crippen molar-refractivity contribution in [3.05, 3.63) is 84.6 Å². The van der Waals surface area contributed by atoms with Crippen molar-refractivity contribution in [2.24, 2.45) is 7.05 Å². The Labute approximate surface area is 212 Å². The molecule has 4 aromatic heterocycles. The number of aromatic nitrogens is 7. The van der Waals surface area contributed by atoms with Crippen molar-refractivity contribution >= 4 is 17.3 Å². The summed E-state index contributed by atoms with van der Waals surface area (Å²) >= 11 is 0. The third-order valence-electron chi connectivity index (χ3n) is 6.89. The van der Waals surface area contributed by atoms with Gasteiger partial charge in [-0.25, -0.2) is 23.9 Å². The maximum atomic E-state index is 13.3. The molecule has 1 fully saturated rings. The van der Waals surface area contributed by atoms with Crippen molar-refractivity contribution < 1.29 is 9.50 Å². The fourth-order valence-electron chi connectivity index (χ4n) is 4.68. The number of fused-ring (bicyclic) bond motifs is 1. The lowest BCUT2D eigenvalue weighted by Gasteiger charge is -2.35. The largest absolute Gasteiger partial charge is 0.381 e. The first-order valence-corrected chi connectivity index (χ1v) is 12.0. The number of nitrogens with zero attached hydrogens (tertiary/aromatic N) is 9. The second-order valence-corrected chi connectivity index (χ2v) is 9.37. The number of halogens is 1. The molecule has 0 aliphatic carbocycles. The molecule has 10 nitrogen and oxygen atoms in total. The third-order valence-corrected chi connectivity index (χ3v) is 6.89. The molecule has 0 amide bonds. The van der Waals surface area contributed by atoms with Crippen LogP contribution in [0.15, 0.2) is 67.6 Å². The Morgan fingerprint density at radius 3 is 2.22 bits per heavy atom. The predicted octanol–water partition coefficient (Wildman–Crippen LogP) is 2.64. The van der Waals surface area contributed by atoms with Crippen molar-refractivity contribution in [3.8, 4) is 11.1 Å². The number of hydrogen-bond donors (Lipinski definition) is 1. The van der Waals surface area contributed by atoms with Gasteiger partial charge in [-0.2, -0.15) is 10.2 Å². The molecule has 0 saturated carbocycles. The van der Waals surface area contributed by atoms with E-state index in [2.05, 4.69) is 41.0 Å². The van der Waals surface area contributed by atoms with Crippen molar-refractivity contribution in [1.29, 1.82) is 0 Å². The Morgan fingerprint density at radius 1 is 0.838 bits per heavy atom. The lowest BCUT2D eigenvalue weighted by atomic mass is 9.90. The molecular weight excluding hydrogens is 473 g/mol. The summed E-state index contributed by atoms with van der Waals surface area (Å²) in [7, 11) is 1.90.